The molecule has 0 radical (unpaired) electrons. The van der Waals surface area contributed by atoms with E-state index < -0.39 is 117 Å². The van der Waals surface area contributed by atoms with Crippen molar-refractivity contribution in [3.63, 3.8) is 0 Å². The molecule has 18 heteroatoms. The average Bonchev–Trinajstić information content (AvgIpc) is 3.26. The summed E-state index contributed by atoms with van der Waals surface area (Å²) in [4.78, 5) is 0. The summed E-state index contributed by atoms with van der Waals surface area (Å²) in [5.74, 6) is -43.6. The lowest BCUT2D eigenvalue weighted by molar-refractivity contribution is 0.380. The zero-order valence-corrected chi connectivity index (χ0v) is 32.1. The highest BCUT2D eigenvalue weighted by Crippen LogP contribution is 2.55. The zero-order valence-electron chi connectivity index (χ0n) is 29.6. The minimum absolute atomic E-state index is 0.0293. The highest BCUT2D eigenvalue weighted by atomic mass is 79.9. The molecule has 0 spiro atoms. The first-order valence-corrected chi connectivity index (χ1v) is 19.5. The molecule has 60 heavy (non-hydrogen) atoms. The molecule has 7 aromatic rings. The monoisotopic (exact) mass is 930 g/mol. The third-order valence-corrected chi connectivity index (χ3v) is 14.3. The number of benzene rings is 7. The Bertz CT molecular complexity index is 2470. The summed E-state index contributed by atoms with van der Waals surface area (Å²) < 4.78 is 234. The summed E-state index contributed by atoms with van der Waals surface area (Å²) in [7, 11) is -4.31. The van der Waals surface area contributed by atoms with Crippen LogP contribution < -0.4 is 37.6 Å². The lowest BCUT2D eigenvalue weighted by atomic mass is 9.30. The third-order valence-electron chi connectivity index (χ3n) is 9.45. The van der Waals surface area contributed by atoms with Gasteiger partial charge in [0.05, 0.1) is 0 Å². The topological polar surface area (TPSA) is 0 Å². The molecule has 0 nitrogen and oxygen atoms in total. The van der Waals surface area contributed by atoms with Crippen molar-refractivity contribution in [2.75, 3.05) is 0 Å². The van der Waals surface area contributed by atoms with Crippen LogP contribution in [0.25, 0.3) is 0 Å². The molecule has 0 heterocycles. The molecular weight excluding hydrogens is 911 g/mol. The van der Waals surface area contributed by atoms with E-state index in [9.17, 15) is 26.3 Å². The molecule has 308 valence electrons. The Morgan fingerprint density at radius 3 is 0.750 bits per heavy atom. The smallest absolute Gasteiger partial charge is 0.251 e. The second-order valence-corrected chi connectivity index (χ2v) is 17.0. The van der Waals surface area contributed by atoms with Gasteiger partial charge in [0.2, 0.25) is 11.6 Å². The molecule has 7 aromatic carbocycles. The molecule has 0 atom stereocenters. The third kappa shape index (κ3) is 7.04. The second kappa shape index (κ2) is 17.2. The largest absolute Gasteiger partial charge is 0.498 e. The summed E-state index contributed by atoms with van der Waals surface area (Å²) >= 11 is 3.31. The predicted molar refractivity (Wildman–Crippen MR) is 203 cm³/mol. The van der Waals surface area contributed by atoms with Gasteiger partial charge in [-0.2, -0.15) is 8.78 Å². The van der Waals surface area contributed by atoms with E-state index in [0.717, 1.165) is 4.47 Å². The first-order valence-electron chi connectivity index (χ1n) is 17.0. The van der Waals surface area contributed by atoms with E-state index in [0.29, 0.717) is 0 Å². The normalized spacial score (nSPS) is 11.7. The lowest BCUT2D eigenvalue weighted by Gasteiger charge is -2.38. The molecule has 0 aliphatic carbocycles. The molecule has 0 saturated carbocycles. The summed E-state index contributed by atoms with van der Waals surface area (Å²) in [6.45, 7) is 0. The van der Waals surface area contributed by atoms with Crippen LogP contribution >= 0.6 is 23.2 Å². The van der Waals surface area contributed by atoms with Crippen LogP contribution in [-0.2, 0) is 0 Å². The summed E-state index contributed by atoms with van der Waals surface area (Å²) in [5.41, 5.74) is -9.50. The van der Waals surface area contributed by atoms with Crippen LogP contribution in [0.5, 0.6) is 0 Å². The summed E-state index contributed by atoms with van der Waals surface area (Å²) in [6, 6.07) is 30.3. The van der Waals surface area contributed by atoms with Gasteiger partial charge in [-0.25, -0.2) is 52.7 Å². The molecule has 7 rings (SSSR count). The first-order chi connectivity index (χ1) is 28.4. The number of halogens is 16. The van der Waals surface area contributed by atoms with Crippen LogP contribution in [0.2, 0.25) is 0 Å². The summed E-state index contributed by atoms with van der Waals surface area (Å²) in [6.07, 6.45) is -6.95. The maximum Gasteiger partial charge on any atom is 0.251 e. The van der Waals surface area contributed by atoms with Gasteiger partial charge < -0.3 is 4.32 Å². The van der Waals surface area contributed by atoms with Crippen molar-refractivity contribution in [3.05, 3.63) is 207 Å². The molecule has 0 bridgehead atoms. The minimum atomic E-state index is -6.95. The van der Waals surface area contributed by atoms with Gasteiger partial charge in [0.15, 0.2) is 47.5 Å². The van der Waals surface area contributed by atoms with Crippen LogP contribution in [0.1, 0.15) is 0 Å². The van der Waals surface area contributed by atoms with Gasteiger partial charge in [-0.15, -0.1) is 0 Å². The van der Waals surface area contributed by atoms with E-state index in [4.69, 9.17) is 0 Å². The molecule has 0 amide bonds. The predicted octanol–water partition coefficient (Wildman–Crippen LogP) is 9.64. The van der Waals surface area contributed by atoms with Gasteiger partial charge in [0.25, 0.3) is 6.42 Å². The molecule has 0 saturated heterocycles. The Kier molecular flexibility index (Phi) is 12.6. The van der Waals surface area contributed by atoms with Crippen molar-refractivity contribution in [3.8, 4) is 0 Å². The van der Waals surface area contributed by atoms with E-state index in [-0.39, 0.29) is 15.9 Å². The van der Waals surface area contributed by atoms with E-state index in [2.05, 4.69) is 15.9 Å². The fourth-order valence-electron chi connectivity index (χ4n) is 6.86. The van der Waals surface area contributed by atoms with Crippen molar-refractivity contribution in [1.29, 1.82) is 0 Å². The fourth-order valence-corrected chi connectivity index (χ4v) is 11.5. The van der Waals surface area contributed by atoms with Crippen molar-refractivity contribution in [1.82, 2.24) is 0 Å². The first kappa shape index (κ1) is 44.0. The second-order valence-electron chi connectivity index (χ2n) is 12.7. The Balaban J connectivity index is 0.000000782. The average molecular weight is 931 g/mol. The Hall–Kier alpha value is -5.54. The molecule has 0 aliphatic heterocycles. The van der Waals surface area contributed by atoms with Gasteiger partial charge >= 0.3 is 0 Å². The molecule has 0 unspecified atom stereocenters. The highest BCUT2D eigenvalue weighted by Gasteiger charge is 2.56. The standard InChI is InChI=1S/C36H15BF15P.C6H5Br/c38-22-19(23(39)29(45)32(48)28(22)44)37(52,20-24(40)30(46)33(49)31(47)25(20)41)21-26(42)34(50)36(35(51)27(21)43)53(16-10-4-1-5-11-16,17-12-6-2-7-13-17)18-14-8-3-9-15-18;7-6-4-2-1-3-5-6/h1-15H;1-5H. The van der Waals surface area contributed by atoms with E-state index in [1.165, 1.54) is 91.0 Å². The van der Waals surface area contributed by atoms with Gasteiger partial charge in [0.1, 0.15) is 50.8 Å². The quantitative estimate of drug-likeness (QED) is 0.0492. The van der Waals surface area contributed by atoms with Crippen LogP contribution in [0, 0.1) is 81.4 Å². The maximum atomic E-state index is 17.7. The molecule has 0 N–H and O–H groups in total. The van der Waals surface area contributed by atoms with Crippen LogP contribution in [-0.4, -0.2) is 6.42 Å². The lowest BCUT2D eigenvalue weighted by Crippen LogP contribution is -2.71. The van der Waals surface area contributed by atoms with Crippen LogP contribution in [0.3, 0.4) is 0 Å². The van der Waals surface area contributed by atoms with Crippen molar-refractivity contribution < 1.29 is 65.8 Å². The Morgan fingerprint density at radius 2 is 0.517 bits per heavy atom. The van der Waals surface area contributed by atoms with Gasteiger partial charge in [-0.05, 0) is 48.5 Å². The van der Waals surface area contributed by atoms with Gasteiger partial charge in [0, 0.05) is 4.47 Å². The van der Waals surface area contributed by atoms with E-state index >= 15 is 39.4 Å². The van der Waals surface area contributed by atoms with E-state index in [1.807, 2.05) is 30.3 Å². The Morgan fingerprint density at radius 1 is 0.300 bits per heavy atom. The van der Waals surface area contributed by atoms with Crippen molar-refractivity contribution in [2.24, 2.45) is 0 Å². The van der Waals surface area contributed by atoms with Gasteiger partial charge in [-0.1, -0.05) is 105 Å². The molecule has 0 aliphatic rings. The number of rotatable bonds is 7. The molecule has 0 fully saturated rings. The van der Waals surface area contributed by atoms with Crippen molar-refractivity contribution in [2.45, 2.75) is 0 Å². The number of hydrogen-bond donors (Lipinski definition) is 0. The van der Waals surface area contributed by atoms with Crippen molar-refractivity contribution >= 4 is 67.2 Å². The fraction of sp³-hybridized carbons (Fsp3) is 0. The SMILES string of the molecule is Brc1ccccc1.Fc1c(F)c(F)c([B-](F)(c2c(F)c(F)c(F)c(F)c2F)c2c(F)c(F)c([P+](c3ccccc3)(c3ccccc3)c3ccccc3)c(F)c2F)c(F)c1F. The zero-order chi connectivity index (χ0) is 43.8. The van der Waals surface area contributed by atoms with Crippen LogP contribution in [0.4, 0.5) is 65.8 Å². The van der Waals surface area contributed by atoms with Gasteiger partial charge in [-0.3, -0.25) is 0 Å². The molecular formula is C42H20BBrF15P. The van der Waals surface area contributed by atoms with Crippen LogP contribution in [0.15, 0.2) is 126 Å². The molecule has 0 aromatic heterocycles. The number of hydrogen-bond acceptors (Lipinski definition) is 0. The Labute approximate surface area is 339 Å². The highest BCUT2D eigenvalue weighted by molar-refractivity contribution is 9.10. The van der Waals surface area contributed by atoms with E-state index in [1.54, 1.807) is 0 Å². The summed E-state index contributed by atoms with van der Waals surface area (Å²) in [5, 5.41) is -1.62. The maximum absolute atomic E-state index is 17.7. The minimum Gasteiger partial charge on any atom is -0.498 e.